The van der Waals surface area contributed by atoms with Crippen LogP contribution in [0, 0.1) is 17.3 Å². The van der Waals surface area contributed by atoms with Gasteiger partial charge in [-0.15, -0.1) is 0 Å². The van der Waals surface area contributed by atoms with Crippen LogP contribution in [0.2, 0.25) is 0 Å². The summed E-state index contributed by atoms with van der Waals surface area (Å²) in [7, 11) is 0. The molecular weight excluding hydrogens is 286 g/mol. The third-order valence-electron chi connectivity index (χ3n) is 5.60. The lowest BCUT2D eigenvalue weighted by atomic mass is 9.71. The molecule has 0 aliphatic heterocycles. The molecular formula is C14H19N5O3. The van der Waals surface area contributed by atoms with Gasteiger partial charge >= 0.3 is 0 Å². The van der Waals surface area contributed by atoms with Crippen LogP contribution in [0.1, 0.15) is 18.9 Å². The first-order valence-corrected chi connectivity index (χ1v) is 7.44. The van der Waals surface area contributed by atoms with Crippen LogP contribution in [-0.2, 0) is 0 Å². The normalized spacial score (nSPS) is 32.9. The molecule has 2 bridgehead atoms. The van der Waals surface area contributed by atoms with Crippen LogP contribution in [0.5, 0.6) is 0 Å². The van der Waals surface area contributed by atoms with Gasteiger partial charge in [0.2, 0.25) is 0 Å². The van der Waals surface area contributed by atoms with Crippen molar-refractivity contribution in [3.05, 3.63) is 12.7 Å². The van der Waals surface area contributed by atoms with Crippen molar-refractivity contribution < 1.29 is 15.3 Å². The first kappa shape index (κ1) is 13.9. The standard InChI is InChI=1S/C14H19N5O3/c15-12-9-13(17-5-16-12)19(6-18-9)10-7-1-8(11(10)22)14(2-7,3-20)4-21/h5-8,10-11,20-22H,1-4H2,(H2,15,16,17)/t7-,8-,10+,11+/m1/s1. The highest BCUT2D eigenvalue weighted by Crippen LogP contribution is 2.59. The number of anilines is 1. The van der Waals surface area contributed by atoms with Crippen LogP contribution in [0.15, 0.2) is 12.7 Å². The molecule has 5 N–H and O–H groups in total. The number of fused-ring (bicyclic) bond motifs is 3. The summed E-state index contributed by atoms with van der Waals surface area (Å²) in [5.41, 5.74) is 6.38. The molecule has 0 unspecified atom stereocenters. The van der Waals surface area contributed by atoms with Crippen molar-refractivity contribution in [1.29, 1.82) is 0 Å². The zero-order valence-electron chi connectivity index (χ0n) is 12.0. The highest BCUT2D eigenvalue weighted by atomic mass is 16.3. The van der Waals surface area contributed by atoms with Crippen molar-refractivity contribution in [3.8, 4) is 0 Å². The smallest absolute Gasteiger partial charge is 0.165 e. The first-order chi connectivity index (χ1) is 10.6. The van der Waals surface area contributed by atoms with Crippen LogP contribution >= 0.6 is 0 Å². The predicted molar refractivity (Wildman–Crippen MR) is 77.6 cm³/mol. The molecule has 2 aliphatic rings. The third-order valence-corrected chi connectivity index (χ3v) is 5.60. The Balaban J connectivity index is 1.75. The Kier molecular flexibility index (Phi) is 2.91. The van der Waals surface area contributed by atoms with Gasteiger partial charge in [0.1, 0.15) is 11.8 Å². The van der Waals surface area contributed by atoms with E-state index in [-0.39, 0.29) is 31.1 Å². The molecule has 8 nitrogen and oxygen atoms in total. The summed E-state index contributed by atoms with van der Waals surface area (Å²) in [6.45, 7) is -0.206. The number of hydrogen-bond donors (Lipinski definition) is 4. The van der Waals surface area contributed by atoms with Gasteiger partial charge in [-0.25, -0.2) is 15.0 Å². The average molecular weight is 305 g/mol. The number of nitrogens with zero attached hydrogens (tertiary/aromatic N) is 4. The molecule has 4 rings (SSSR count). The maximum Gasteiger partial charge on any atom is 0.165 e. The molecule has 2 saturated carbocycles. The molecule has 0 radical (unpaired) electrons. The molecule has 2 fully saturated rings. The maximum absolute atomic E-state index is 10.7. The van der Waals surface area contributed by atoms with E-state index >= 15 is 0 Å². The number of rotatable bonds is 3. The van der Waals surface area contributed by atoms with Gasteiger partial charge in [-0.1, -0.05) is 0 Å². The zero-order chi connectivity index (χ0) is 15.5. The van der Waals surface area contributed by atoms with Crippen molar-refractivity contribution in [3.63, 3.8) is 0 Å². The van der Waals surface area contributed by atoms with E-state index in [0.717, 1.165) is 6.42 Å². The Hall–Kier alpha value is -1.77. The van der Waals surface area contributed by atoms with Gasteiger partial charge in [-0.2, -0.15) is 0 Å². The first-order valence-electron chi connectivity index (χ1n) is 7.44. The van der Waals surface area contributed by atoms with Crippen molar-refractivity contribution in [2.24, 2.45) is 17.3 Å². The van der Waals surface area contributed by atoms with Crippen LogP contribution in [-0.4, -0.2) is 54.2 Å². The lowest BCUT2D eigenvalue weighted by Gasteiger charge is -2.40. The summed E-state index contributed by atoms with van der Waals surface area (Å²) in [5.74, 6) is 0.378. The quantitative estimate of drug-likeness (QED) is 0.591. The highest BCUT2D eigenvalue weighted by Gasteiger charge is 2.60. The van der Waals surface area contributed by atoms with Crippen molar-refractivity contribution in [2.45, 2.75) is 25.0 Å². The van der Waals surface area contributed by atoms with E-state index in [9.17, 15) is 15.3 Å². The Bertz CT molecular complexity index is 712. The zero-order valence-corrected chi connectivity index (χ0v) is 12.0. The molecule has 0 aromatic carbocycles. The maximum atomic E-state index is 10.7. The molecule has 4 atom stereocenters. The summed E-state index contributed by atoms with van der Waals surface area (Å²) < 4.78 is 1.86. The fraction of sp³-hybridized carbons (Fsp3) is 0.643. The molecule has 2 heterocycles. The lowest BCUT2D eigenvalue weighted by molar-refractivity contribution is -0.0645. The van der Waals surface area contributed by atoms with Crippen LogP contribution in [0.25, 0.3) is 11.2 Å². The minimum atomic E-state index is -0.647. The summed E-state index contributed by atoms with van der Waals surface area (Å²) in [5, 5.41) is 30.0. The molecule has 0 spiro atoms. The monoisotopic (exact) mass is 305 g/mol. The van der Waals surface area contributed by atoms with E-state index in [4.69, 9.17) is 5.73 Å². The molecule has 2 aromatic heterocycles. The topological polar surface area (TPSA) is 130 Å². The van der Waals surface area contributed by atoms with Gasteiger partial charge in [-0.3, -0.25) is 0 Å². The van der Waals surface area contributed by atoms with Crippen molar-refractivity contribution >= 4 is 17.0 Å². The number of aromatic nitrogens is 4. The molecule has 118 valence electrons. The number of aliphatic hydroxyl groups excluding tert-OH is 3. The number of hydrogen-bond acceptors (Lipinski definition) is 7. The summed E-state index contributed by atoms with van der Waals surface area (Å²) in [6.07, 6.45) is 3.86. The van der Waals surface area contributed by atoms with Crippen molar-refractivity contribution in [1.82, 2.24) is 19.5 Å². The van der Waals surface area contributed by atoms with Gasteiger partial charge in [-0.05, 0) is 24.7 Å². The van der Waals surface area contributed by atoms with Gasteiger partial charge in [0.05, 0.1) is 31.7 Å². The number of nitrogen functional groups attached to an aromatic ring is 1. The third kappa shape index (κ3) is 1.60. The minimum absolute atomic E-state index is 0.103. The SMILES string of the molecule is Nc1ncnc2c1ncn2[C@H]1[C@@H]2C[C@H]([C@@H]1O)C(CO)(CO)C2. The largest absolute Gasteiger partial charge is 0.396 e. The molecule has 8 heteroatoms. The molecule has 2 aromatic rings. The van der Waals surface area contributed by atoms with Crippen LogP contribution in [0.4, 0.5) is 5.82 Å². The van der Waals surface area contributed by atoms with Crippen molar-refractivity contribution in [2.75, 3.05) is 18.9 Å². The van der Waals surface area contributed by atoms with E-state index in [2.05, 4.69) is 15.0 Å². The lowest BCUT2D eigenvalue weighted by Crippen LogP contribution is -2.45. The van der Waals surface area contributed by atoms with Crippen LogP contribution in [0.3, 0.4) is 0 Å². The van der Waals surface area contributed by atoms with Gasteiger partial charge in [0, 0.05) is 5.41 Å². The van der Waals surface area contributed by atoms with Gasteiger partial charge < -0.3 is 25.6 Å². The Morgan fingerprint density at radius 3 is 2.73 bits per heavy atom. The van der Waals surface area contributed by atoms with E-state index < -0.39 is 11.5 Å². The summed E-state index contributed by atoms with van der Waals surface area (Å²) >= 11 is 0. The van der Waals surface area contributed by atoms with E-state index in [1.54, 1.807) is 6.33 Å². The van der Waals surface area contributed by atoms with E-state index in [1.165, 1.54) is 6.33 Å². The van der Waals surface area contributed by atoms with Gasteiger partial charge in [0.25, 0.3) is 0 Å². The Morgan fingerprint density at radius 1 is 1.27 bits per heavy atom. The average Bonchev–Trinajstić information content (AvgIpc) is 3.19. The Morgan fingerprint density at radius 2 is 2.05 bits per heavy atom. The molecule has 2 aliphatic carbocycles. The second-order valence-electron chi connectivity index (χ2n) is 6.55. The fourth-order valence-corrected chi connectivity index (χ4v) is 4.51. The van der Waals surface area contributed by atoms with E-state index in [0.29, 0.717) is 23.4 Å². The van der Waals surface area contributed by atoms with Crippen LogP contribution < -0.4 is 5.73 Å². The predicted octanol–water partition coefficient (Wildman–Crippen LogP) is -0.679. The molecule has 22 heavy (non-hydrogen) atoms. The number of nitrogens with two attached hydrogens (primary N) is 1. The Labute approximate surface area is 126 Å². The fourth-order valence-electron chi connectivity index (χ4n) is 4.51. The highest BCUT2D eigenvalue weighted by molar-refractivity contribution is 5.81. The van der Waals surface area contributed by atoms with E-state index in [1.807, 2.05) is 4.57 Å². The number of aliphatic hydroxyl groups is 3. The summed E-state index contributed by atoms with van der Waals surface area (Å²) in [4.78, 5) is 12.4. The summed E-state index contributed by atoms with van der Waals surface area (Å²) in [6, 6.07) is -0.157. The second kappa shape index (κ2) is 4.61. The van der Waals surface area contributed by atoms with Gasteiger partial charge in [0.15, 0.2) is 11.5 Å². The molecule has 0 saturated heterocycles. The molecule has 0 amide bonds. The second-order valence-corrected chi connectivity index (χ2v) is 6.55. The number of imidazole rings is 1. The minimum Gasteiger partial charge on any atom is -0.396 e.